The number of halogens is 5. The molecule has 0 saturated heterocycles. The predicted molar refractivity (Wildman–Crippen MR) is 160 cm³/mol. The molecule has 0 bridgehead atoms. The number of imide groups is 1. The van der Waals surface area contributed by atoms with E-state index in [1.54, 1.807) is 23.6 Å². The number of esters is 1. The number of hydrogen-bond donors (Lipinski definition) is 0. The van der Waals surface area contributed by atoms with Crippen LogP contribution in [0.5, 0.6) is 5.75 Å². The van der Waals surface area contributed by atoms with Gasteiger partial charge in [-0.3, -0.25) is 19.2 Å². The summed E-state index contributed by atoms with van der Waals surface area (Å²) in [4.78, 5) is 66.8. The van der Waals surface area contributed by atoms with Crippen molar-refractivity contribution in [2.75, 3.05) is 6.54 Å². The van der Waals surface area contributed by atoms with Crippen LogP contribution in [-0.2, 0) is 0 Å². The van der Waals surface area contributed by atoms with Gasteiger partial charge >= 0.3 is 5.97 Å². The number of hydrazine groups is 1. The number of ketones is 1. The van der Waals surface area contributed by atoms with Gasteiger partial charge in [0.1, 0.15) is 17.2 Å². The fraction of sp³-hybridized carbons (Fsp3) is 0.0357. The van der Waals surface area contributed by atoms with Gasteiger partial charge in [-0.15, -0.1) is 11.3 Å². The van der Waals surface area contributed by atoms with Crippen molar-refractivity contribution in [1.82, 2.24) is 10.0 Å². The summed E-state index contributed by atoms with van der Waals surface area (Å²) in [6.07, 6.45) is 0. The lowest BCUT2D eigenvalue weighted by atomic mass is 10.1. The van der Waals surface area contributed by atoms with E-state index in [9.17, 15) is 24.0 Å². The lowest BCUT2D eigenvalue weighted by Crippen LogP contribution is -2.51. The smallest absolute Gasteiger partial charge is 0.353 e. The van der Waals surface area contributed by atoms with E-state index >= 15 is 0 Å². The fourth-order valence-corrected chi connectivity index (χ4v) is 5.88. The Bertz CT molecular complexity index is 1750. The van der Waals surface area contributed by atoms with Crippen LogP contribution in [0.15, 0.2) is 66.0 Å². The molecule has 5 rings (SSSR count). The Labute approximate surface area is 266 Å². The Hall–Kier alpha value is -3.44. The molecule has 2 heterocycles. The third-order valence-corrected chi connectivity index (χ3v) is 9.04. The van der Waals surface area contributed by atoms with Gasteiger partial charge in [-0.05, 0) is 47.8 Å². The third kappa shape index (κ3) is 5.40. The highest BCUT2D eigenvalue weighted by Crippen LogP contribution is 2.45. The number of nitrogens with zero attached hydrogens (tertiary/aromatic N) is 2. The molecule has 1 aliphatic heterocycles. The van der Waals surface area contributed by atoms with Crippen molar-refractivity contribution in [2.24, 2.45) is 0 Å². The molecule has 4 aromatic rings. The monoisotopic (exact) mass is 680 g/mol. The molecule has 0 unspecified atom stereocenters. The summed E-state index contributed by atoms with van der Waals surface area (Å²) >= 11 is 32.2. The first-order valence-corrected chi connectivity index (χ1v) is 14.5. The molecular weight excluding hydrogens is 670 g/mol. The quantitative estimate of drug-likeness (QED) is 0.0493. The Kier molecular flexibility index (Phi) is 8.61. The minimum Gasteiger partial charge on any atom is -0.422 e. The Morgan fingerprint density at radius 2 is 1.36 bits per heavy atom. The maximum atomic E-state index is 13.7. The van der Waals surface area contributed by atoms with Crippen molar-refractivity contribution in [1.29, 1.82) is 0 Å². The minimum absolute atomic E-state index is 0.00983. The maximum Gasteiger partial charge on any atom is 0.353 e. The van der Waals surface area contributed by atoms with Crippen LogP contribution in [0.2, 0.25) is 25.1 Å². The molecule has 0 saturated carbocycles. The average Bonchev–Trinajstić information content (AvgIpc) is 3.61. The van der Waals surface area contributed by atoms with Crippen molar-refractivity contribution in [3.63, 3.8) is 0 Å². The number of benzene rings is 3. The molecule has 42 heavy (non-hydrogen) atoms. The first kappa shape index (κ1) is 30.0. The van der Waals surface area contributed by atoms with E-state index < -0.39 is 36.0 Å². The number of amides is 3. The molecule has 0 radical (unpaired) electrons. The number of Topliss-reactive ketones (excluding diaryl/α,β-unsaturated/α-hetero) is 1. The second kappa shape index (κ2) is 12.0. The van der Waals surface area contributed by atoms with Crippen LogP contribution in [-0.4, -0.2) is 46.0 Å². The van der Waals surface area contributed by atoms with Crippen LogP contribution in [0, 0.1) is 0 Å². The molecule has 0 atom stereocenters. The summed E-state index contributed by atoms with van der Waals surface area (Å²) in [5, 5.41) is 1.64. The first-order valence-electron chi connectivity index (χ1n) is 11.7. The summed E-state index contributed by atoms with van der Waals surface area (Å²) in [7, 11) is 0. The molecule has 3 aromatic carbocycles. The van der Waals surface area contributed by atoms with Gasteiger partial charge in [-0.1, -0.05) is 76.2 Å². The topological polar surface area (TPSA) is 101 Å². The van der Waals surface area contributed by atoms with Gasteiger partial charge in [0.25, 0.3) is 17.7 Å². The van der Waals surface area contributed by atoms with Crippen molar-refractivity contribution < 1.29 is 28.7 Å². The maximum absolute atomic E-state index is 13.7. The highest BCUT2D eigenvalue weighted by molar-refractivity contribution is 7.12. The van der Waals surface area contributed by atoms with E-state index in [1.165, 1.54) is 53.8 Å². The van der Waals surface area contributed by atoms with Gasteiger partial charge in [-0.2, -0.15) is 5.01 Å². The molecule has 1 aromatic heterocycles. The van der Waals surface area contributed by atoms with Crippen LogP contribution in [0.4, 0.5) is 0 Å². The lowest BCUT2D eigenvalue weighted by Gasteiger charge is -2.29. The normalized spacial score (nSPS) is 12.4. The zero-order chi connectivity index (χ0) is 30.3. The number of carbonyl (C=O) groups excluding carboxylic acids is 5. The van der Waals surface area contributed by atoms with E-state index in [2.05, 4.69) is 0 Å². The second-order valence-corrected chi connectivity index (χ2v) is 11.5. The number of ether oxygens (including phenoxy) is 1. The standard InChI is InChI=1S/C28H13Cl5N2O6S/c29-16-5-2-1-4-15(16)25(37)34(35-26(38)19-20(27(35)39)22(31)24(33)23(32)21(19)30)12-17(36)13-7-9-14(10-8-13)41-28(40)18-6-3-11-42-18/h1-11H,12H2. The van der Waals surface area contributed by atoms with Crippen LogP contribution in [0.3, 0.4) is 0 Å². The van der Waals surface area contributed by atoms with E-state index in [0.717, 1.165) is 0 Å². The highest BCUT2D eigenvalue weighted by atomic mass is 35.5. The average molecular weight is 683 g/mol. The molecule has 8 nitrogen and oxygen atoms in total. The summed E-state index contributed by atoms with van der Waals surface area (Å²) < 4.78 is 5.31. The largest absolute Gasteiger partial charge is 0.422 e. The molecule has 0 aliphatic carbocycles. The van der Waals surface area contributed by atoms with Gasteiger partial charge in [0.2, 0.25) is 0 Å². The van der Waals surface area contributed by atoms with Gasteiger partial charge in [-0.25, -0.2) is 9.80 Å². The lowest BCUT2D eigenvalue weighted by molar-refractivity contribution is 0.00532. The fourth-order valence-electron chi connectivity index (χ4n) is 4.05. The van der Waals surface area contributed by atoms with Gasteiger partial charge in [0, 0.05) is 5.56 Å². The zero-order valence-electron chi connectivity index (χ0n) is 20.7. The first-order chi connectivity index (χ1) is 20.0. The number of thiophene rings is 1. The van der Waals surface area contributed by atoms with E-state index in [-0.39, 0.29) is 53.1 Å². The third-order valence-electron chi connectivity index (χ3n) is 6.06. The Morgan fingerprint density at radius 1 is 0.762 bits per heavy atom. The van der Waals surface area contributed by atoms with Crippen LogP contribution >= 0.6 is 69.3 Å². The van der Waals surface area contributed by atoms with Gasteiger partial charge < -0.3 is 4.74 Å². The van der Waals surface area contributed by atoms with Crippen LogP contribution < -0.4 is 4.74 Å². The van der Waals surface area contributed by atoms with Crippen molar-refractivity contribution in [3.8, 4) is 5.75 Å². The molecule has 1 aliphatic rings. The highest BCUT2D eigenvalue weighted by Gasteiger charge is 2.46. The molecule has 14 heteroatoms. The zero-order valence-corrected chi connectivity index (χ0v) is 25.3. The predicted octanol–water partition coefficient (Wildman–Crippen LogP) is 7.77. The van der Waals surface area contributed by atoms with Crippen LogP contribution in [0.25, 0.3) is 0 Å². The molecule has 3 amide bonds. The van der Waals surface area contributed by atoms with E-state index in [1.807, 2.05) is 0 Å². The number of fused-ring (bicyclic) bond motifs is 1. The SMILES string of the molecule is O=C(CN(C(=O)c1ccccc1Cl)N1C(=O)c2c(Cl)c(Cl)c(Cl)c(Cl)c2C1=O)c1ccc(OC(=O)c2cccs2)cc1. The summed E-state index contributed by atoms with van der Waals surface area (Å²) in [6.45, 7) is -0.777. The second-order valence-electron chi connectivity index (χ2n) is 8.59. The Balaban J connectivity index is 1.48. The minimum atomic E-state index is -1.05. The summed E-state index contributed by atoms with van der Waals surface area (Å²) in [5.74, 6) is -4.10. The molecule has 0 N–H and O–H groups in total. The number of rotatable bonds is 7. The molecule has 212 valence electrons. The van der Waals surface area contributed by atoms with Gasteiger partial charge in [0.15, 0.2) is 5.78 Å². The molecule has 0 fully saturated rings. The molecular formula is C28H13Cl5N2O6S. The van der Waals surface area contributed by atoms with Crippen molar-refractivity contribution in [3.05, 3.63) is 118 Å². The number of hydrogen-bond acceptors (Lipinski definition) is 7. The summed E-state index contributed by atoms with van der Waals surface area (Å²) in [5.41, 5.74) is -0.751. The van der Waals surface area contributed by atoms with Crippen molar-refractivity contribution >= 4 is 98.8 Å². The summed E-state index contributed by atoms with van der Waals surface area (Å²) in [6, 6.07) is 14.7. The van der Waals surface area contributed by atoms with Gasteiger partial charge in [0.05, 0.1) is 41.8 Å². The molecule has 0 spiro atoms. The van der Waals surface area contributed by atoms with E-state index in [4.69, 9.17) is 62.7 Å². The number of carbonyl (C=O) groups is 5. The Morgan fingerprint density at radius 3 is 1.90 bits per heavy atom. The van der Waals surface area contributed by atoms with Crippen molar-refractivity contribution in [2.45, 2.75) is 0 Å². The van der Waals surface area contributed by atoms with E-state index in [0.29, 0.717) is 14.9 Å². The van der Waals surface area contributed by atoms with Crippen LogP contribution in [0.1, 0.15) is 51.1 Å².